The second-order valence-electron chi connectivity index (χ2n) is 5.44. The summed E-state index contributed by atoms with van der Waals surface area (Å²) >= 11 is 0. The maximum atomic E-state index is 12.2. The fourth-order valence-corrected chi connectivity index (χ4v) is 1.91. The zero-order valence-corrected chi connectivity index (χ0v) is 10.9. The number of ether oxygens (including phenoxy) is 1. The fourth-order valence-electron chi connectivity index (χ4n) is 1.91. The van der Waals surface area contributed by atoms with Crippen molar-refractivity contribution >= 4 is 11.9 Å². The third kappa shape index (κ3) is 2.60. The zero-order chi connectivity index (χ0) is 13.3. The lowest BCUT2D eigenvalue weighted by Crippen LogP contribution is -2.43. The van der Waals surface area contributed by atoms with Crippen LogP contribution in [0.1, 0.15) is 33.6 Å². The molecule has 0 saturated carbocycles. The van der Waals surface area contributed by atoms with E-state index in [9.17, 15) is 9.59 Å². The Kier molecular flexibility index (Phi) is 3.51. The van der Waals surface area contributed by atoms with Crippen molar-refractivity contribution in [1.82, 2.24) is 4.90 Å². The number of hydrogen-bond acceptors (Lipinski definition) is 3. The Labute approximate surface area is 102 Å². The lowest BCUT2D eigenvalue weighted by atomic mass is 9.83. The quantitative estimate of drug-likeness (QED) is 0.412. The van der Waals surface area contributed by atoms with Crippen molar-refractivity contribution in [2.24, 2.45) is 5.41 Å². The molecule has 0 aromatic heterocycles. The van der Waals surface area contributed by atoms with E-state index in [1.165, 1.54) is 4.90 Å². The number of carbonyl (C=O) groups is 2. The molecular formula is C13H19NO3. The Morgan fingerprint density at radius 1 is 1.59 bits per heavy atom. The van der Waals surface area contributed by atoms with Gasteiger partial charge in [0.2, 0.25) is 5.91 Å². The minimum absolute atomic E-state index is 0.102. The van der Waals surface area contributed by atoms with E-state index in [2.05, 4.69) is 5.92 Å². The predicted molar refractivity (Wildman–Crippen MR) is 64.0 cm³/mol. The van der Waals surface area contributed by atoms with E-state index in [0.29, 0.717) is 13.0 Å². The first-order valence-electron chi connectivity index (χ1n) is 5.65. The van der Waals surface area contributed by atoms with Crippen LogP contribution in [0.4, 0.5) is 0 Å². The van der Waals surface area contributed by atoms with Gasteiger partial charge in [-0.25, -0.2) is 0 Å². The smallest absolute Gasteiger partial charge is 0.323 e. The van der Waals surface area contributed by atoms with E-state index in [-0.39, 0.29) is 12.3 Å². The lowest BCUT2D eigenvalue weighted by molar-refractivity contribution is -0.170. The molecule has 94 valence electrons. The molecule has 0 aliphatic carbocycles. The normalized spacial score (nSPS) is 24.6. The Hall–Kier alpha value is -1.50. The summed E-state index contributed by atoms with van der Waals surface area (Å²) < 4.78 is 5.31. The largest absolute Gasteiger partial charge is 0.459 e. The molecule has 0 aromatic carbocycles. The molecule has 1 fully saturated rings. The van der Waals surface area contributed by atoms with E-state index < -0.39 is 17.0 Å². The molecule has 1 aliphatic rings. The predicted octanol–water partition coefficient (Wildman–Crippen LogP) is 1.20. The van der Waals surface area contributed by atoms with E-state index in [1.807, 2.05) is 0 Å². The molecule has 1 unspecified atom stereocenters. The van der Waals surface area contributed by atoms with Gasteiger partial charge in [-0.3, -0.25) is 9.59 Å². The van der Waals surface area contributed by atoms with Crippen molar-refractivity contribution in [2.45, 2.75) is 39.2 Å². The molecule has 1 heterocycles. The van der Waals surface area contributed by atoms with Gasteiger partial charge < -0.3 is 9.64 Å². The molecule has 17 heavy (non-hydrogen) atoms. The molecule has 4 heteroatoms. The van der Waals surface area contributed by atoms with Gasteiger partial charge in [0.05, 0.1) is 0 Å². The summed E-state index contributed by atoms with van der Waals surface area (Å²) in [5.41, 5.74) is -1.78. The van der Waals surface area contributed by atoms with Gasteiger partial charge in [0.25, 0.3) is 0 Å². The summed E-state index contributed by atoms with van der Waals surface area (Å²) in [6.07, 6.45) is 5.81. The number of likely N-dealkylation sites (tertiary alicyclic amines) is 1. The van der Waals surface area contributed by atoms with E-state index in [4.69, 9.17) is 11.2 Å². The number of amides is 1. The van der Waals surface area contributed by atoms with Crippen molar-refractivity contribution in [3.63, 3.8) is 0 Å². The molecule has 1 amide bonds. The summed E-state index contributed by atoms with van der Waals surface area (Å²) in [4.78, 5) is 25.8. The molecule has 0 bridgehead atoms. The molecule has 1 atom stereocenters. The van der Waals surface area contributed by atoms with E-state index in [0.717, 1.165) is 0 Å². The van der Waals surface area contributed by atoms with Crippen LogP contribution in [0.3, 0.4) is 0 Å². The Bertz CT molecular complexity index is 375. The van der Waals surface area contributed by atoms with Gasteiger partial charge >= 0.3 is 5.97 Å². The van der Waals surface area contributed by atoms with Gasteiger partial charge in [-0.2, -0.15) is 0 Å². The molecular weight excluding hydrogens is 218 g/mol. The van der Waals surface area contributed by atoms with Gasteiger partial charge in [-0.15, -0.1) is 12.3 Å². The molecule has 0 aromatic rings. The summed E-state index contributed by atoms with van der Waals surface area (Å²) in [6.45, 7) is 5.87. The van der Waals surface area contributed by atoms with Crippen LogP contribution in [0.5, 0.6) is 0 Å². The van der Waals surface area contributed by atoms with Crippen molar-refractivity contribution in [2.75, 3.05) is 13.6 Å². The molecule has 1 aliphatic heterocycles. The number of carbonyl (C=O) groups excluding carboxylic acids is 2. The van der Waals surface area contributed by atoms with Gasteiger partial charge in [0.1, 0.15) is 5.60 Å². The number of rotatable bonds is 2. The second kappa shape index (κ2) is 4.40. The van der Waals surface area contributed by atoms with Crippen molar-refractivity contribution < 1.29 is 14.3 Å². The number of terminal acetylenes is 1. The van der Waals surface area contributed by atoms with Crippen LogP contribution in [-0.4, -0.2) is 36.0 Å². The average molecular weight is 237 g/mol. The number of esters is 1. The highest BCUT2D eigenvalue weighted by Crippen LogP contribution is 2.37. The fraction of sp³-hybridized carbons (Fsp3) is 0.692. The SMILES string of the molecule is C#CCC1(C(=O)OC(C)(C)C)CCN(C)C1=O. The molecule has 0 radical (unpaired) electrons. The first-order valence-corrected chi connectivity index (χ1v) is 5.65. The lowest BCUT2D eigenvalue weighted by Gasteiger charge is -2.28. The zero-order valence-electron chi connectivity index (χ0n) is 10.9. The van der Waals surface area contributed by atoms with E-state index in [1.54, 1.807) is 27.8 Å². The monoisotopic (exact) mass is 237 g/mol. The highest BCUT2D eigenvalue weighted by atomic mass is 16.6. The summed E-state index contributed by atoms with van der Waals surface area (Å²) in [5.74, 6) is 1.69. The van der Waals surface area contributed by atoms with Gasteiger partial charge in [-0.05, 0) is 27.2 Å². The third-order valence-electron chi connectivity index (χ3n) is 2.82. The second-order valence-corrected chi connectivity index (χ2v) is 5.44. The van der Waals surface area contributed by atoms with Crippen molar-refractivity contribution in [3.05, 3.63) is 0 Å². The maximum Gasteiger partial charge on any atom is 0.323 e. The van der Waals surface area contributed by atoms with Crippen LogP contribution in [0.2, 0.25) is 0 Å². The topological polar surface area (TPSA) is 46.6 Å². The minimum atomic E-state index is -1.17. The van der Waals surface area contributed by atoms with Crippen LogP contribution < -0.4 is 0 Å². The maximum absolute atomic E-state index is 12.2. The third-order valence-corrected chi connectivity index (χ3v) is 2.82. The van der Waals surface area contributed by atoms with Gasteiger partial charge in [0.15, 0.2) is 5.41 Å². The van der Waals surface area contributed by atoms with Crippen LogP contribution in [0.15, 0.2) is 0 Å². The highest BCUT2D eigenvalue weighted by Gasteiger charge is 2.53. The van der Waals surface area contributed by atoms with Crippen LogP contribution in [-0.2, 0) is 14.3 Å². The average Bonchev–Trinajstić information content (AvgIpc) is 2.45. The Morgan fingerprint density at radius 3 is 2.53 bits per heavy atom. The van der Waals surface area contributed by atoms with E-state index >= 15 is 0 Å². The molecule has 4 nitrogen and oxygen atoms in total. The Balaban J connectivity index is 2.98. The number of hydrogen-bond donors (Lipinski definition) is 0. The standard InChI is InChI=1S/C13H19NO3/c1-6-7-13(8-9-14(5)10(13)15)11(16)17-12(2,3)4/h1H,7-9H2,2-5H3. The highest BCUT2D eigenvalue weighted by molar-refractivity contribution is 6.04. The summed E-state index contributed by atoms with van der Waals surface area (Å²) in [5, 5.41) is 0. The Morgan fingerprint density at radius 2 is 2.18 bits per heavy atom. The summed E-state index contributed by atoms with van der Waals surface area (Å²) in [7, 11) is 1.67. The minimum Gasteiger partial charge on any atom is -0.459 e. The molecule has 0 N–H and O–H groups in total. The first kappa shape index (κ1) is 13.6. The molecule has 0 spiro atoms. The van der Waals surface area contributed by atoms with Gasteiger partial charge in [0, 0.05) is 20.0 Å². The van der Waals surface area contributed by atoms with Crippen molar-refractivity contribution in [3.8, 4) is 12.3 Å². The first-order chi connectivity index (χ1) is 7.73. The van der Waals surface area contributed by atoms with Crippen molar-refractivity contribution in [1.29, 1.82) is 0 Å². The summed E-state index contributed by atoms with van der Waals surface area (Å²) in [6, 6.07) is 0. The van der Waals surface area contributed by atoms with Crippen LogP contribution in [0.25, 0.3) is 0 Å². The molecule has 1 rings (SSSR count). The molecule has 1 saturated heterocycles. The van der Waals surface area contributed by atoms with Crippen LogP contribution >= 0.6 is 0 Å². The van der Waals surface area contributed by atoms with Gasteiger partial charge in [-0.1, -0.05) is 0 Å². The number of nitrogens with zero attached hydrogens (tertiary/aromatic N) is 1. The van der Waals surface area contributed by atoms with Crippen LogP contribution in [0, 0.1) is 17.8 Å².